The second-order valence-electron chi connectivity index (χ2n) is 6.92. The van der Waals surface area contributed by atoms with Gasteiger partial charge in [-0.1, -0.05) is 0 Å². The zero-order valence-corrected chi connectivity index (χ0v) is 18.5. The smallest absolute Gasteiger partial charge is 0.416 e. The molecular weight excluding hydrogens is 495 g/mol. The first kappa shape index (κ1) is 21.8. The Kier molecular flexibility index (Phi) is 5.19. The van der Waals surface area contributed by atoms with Crippen molar-refractivity contribution in [3.63, 3.8) is 0 Å². The van der Waals surface area contributed by atoms with Gasteiger partial charge in [-0.2, -0.15) is 23.4 Å². The van der Waals surface area contributed by atoms with Crippen molar-refractivity contribution in [1.82, 2.24) is 24.1 Å². The van der Waals surface area contributed by atoms with Crippen molar-refractivity contribution < 1.29 is 22.7 Å². The van der Waals surface area contributed by atoms with E-state index in [2.05, 4.69) is 30.9 Å². The number of nitrogens with zero attached hydrogens (tertiary/aromatic N) is 5. The molecule has 8 nitrogen and oxygen atoms in total. The van der Waals surface area contributed by atoms with Gasteiger partial charge in [-0.3, -0.25) is 0 Å². The second-order valence-corrected chi connectivity index (χ2v) is 7.67. The van der Waals surface area contributed by atoms with E-state index in [1.807, 2.05) is 0 Å². The molecular formula is C20H15BrF3N5O3. The molecule has 0 aliphatic carbocycles. The van der Waals surface area contributed by atoms with Crippen molar-refractivity contribution in [2.24, 2.45) is 7.05 Å². The molecule has 166 valence electrons. The number of aromatic nitrogens is 5. The molecule has 4 rings (SSSR count). The van der Waals surface area contributed by atoms with Crippen LogP contribution >= 0.6 is 15.9 Å². The van der Waals surface area contributed by atoms with Gasteiger partial charge in [-0.15, -0.1) is 0 Å². The van der Waals surface area contributed by atoms with Crippen LogP contribution in [0.2, 0.25) is 0 Å². The lowest BCUT2D eigenvalue weighted by molar-refractivity contribution is -0.137. The maximum absolute atomic E-state index is 13.3. The summed E-state index contributed by atoms with van der Waals surface area (Å²) in [6, 6.07) is 8.22. The van der Waals surface area contributed by atoms with Crippen molar-refractivity contribution in [2.45, 2.75) is 13.1 Å². The van der Waals surface area contributed by atoms with Gasteiger partial charge in [0.05, 0.1) is 35.1 Å². The first-order valence-electron chi connectivity index (χ1n) is 9.14. The van der Waals surface area contributed by atoms with E-state index in [4.69, 9.17) is 0 Å². The lowest BCUT2D eigenvalue weighted by atomic mass is 10.1. The summed E-state index contributed by atoms with van der Waals surface area (Å²) in [6.07, 6.45) is -4.66. The van der Waals surface area contributed by atoms with Crippen LogP contribution < -0.4 is 5.69 Å². The molecule has 0 fully saturated rings. The Bertz CT molecular complexity index is 1420. The number of halogens is 4. The molecule has 0 N–H and O–H groups in total. The number of alkyl halides is 3. The minimum atomic E-state index is -4.66. The highest BCUT2D eigenvalue weighted by molar-refractivity contribution is 9.10. The lowest BCUT2D eigenvalue weighted by Crippen LogP contribution is -2.21. The highest BCUT2D eigenvalue weighted by Crippen LogP contribution is 2.37. The van der Waals surface area contributed by atoms with Crippen LogP contribution in [0.15, 0.2) is 45.8 Å². The average Bonchev–Trinajstić information content (AvgIpc) is 3.21. The normalized spacial score (nSPS) is 11.8. The van der Waals surface area contributed by atoms with E-state index in [1.54, 1.807) is 38.2 Å². The topological polar surface area (TPSA) is 83.9 Å². The molecule has 0 unspecified atom stereocenters. The van der Waals surface area contributed by atoms with E-state index in [9.17, 15) is 22.8 Å². The number of rotatable bonds is 3. The van der Waals surface area contributed by atoms with E-state index in [1.165, 1.54) is 13.9 Å². The van der Waals surface area contributed by atoms with Crippen LogP contribution in [0.1, 0.15) is 21.7 Å². The number of methoxy groups -OCH3 is 1. The predicted octanol–water partition coefficient (Wildman–Crippen LogP) is 3.79. The van der Waals surface area contributed by atoms with E-state index in [0.717, 1.165) is 19.2 Å². The maximum Gasteiger partial charge on any atom is 0.416 e. The molecule has 0 bridgehead atoms. The molecule has 12 heteroatoms. The number of benzene rings is 2. The van der Waals surface area contributed by atoms with Gasteiger partial charge in [0.25, 0.3) is 0 Å². The Hall–Kier alpha value is -3.41. The van der Waals surface area contributed by atoms with E-state index < -0.39 is 17.7 Å². The van der Waals surface area contributed by atoms with Gasteiger partial charge in [-0.05, 0) is 59.3 Å². The average molecular weight is 510 g/mol. The Morgan fingerprint density at radius 3 is 2.25 bits per heavy atom. The van der Waals surface area contributed by atoms with Gasteiger partial charge in [0, 0.05) is 12.4 Å². The Labute approximate surface area is 186 Å². The standard InChI is InChI=1S/C20H15BrF3N5O3/c1-10-25-27(2)19(31)28(10)12-4-6-13(7-5-12)29-17(21)16-14(18(30)32-3)8-11(20(22,23)24)9-15(16)26-29/h4-9H,1-3H3. The van der Waals surface area contributed by atoms with Gasteiger partial charge in [0.2, 0.25) is 0 Å². The number of esters is 1. The summed E-state index contributed by atoms with van der Waals surface area (Å²) in [4.78, 5) is 24.4. The monoisotopic (exact) mass is 509 g/mol. The predicted molar refractivity (Wildman–Crippen MR) is 112 cm³/mol. The van der Waals surface area contributed by atoms with Crippen LogP contribution in [0.3, 0.4) is 0 Å². The fourth-order valence-electron chi connectivity index (χ4n) is 3.41. The Morgan fingerprint density at radius 1 is 1.09 bits per heavy atom. The summed E-state index contributed by atoms with van der Waals surface area (Å²) < 4.78 is 48.9. The lowest BCUT2D eigenvalue weighted by Gasteiger charge is -2.09. The highest BCUT2D eigenvalue weighted by atomic mass is 79.9. The summed E-state index contributed by atoms with van der Waals surface area (Å²) in [5.74, 6) is -0.415. The van der Waals surface area contributed by atoms with Crippen LogP contribution in [0.25, 0.3) is 22.3 Å². The zero-order chi connectivity index (χ0) is 23.4. The van der Waals surface area contributed by atoms with Gasteiger partial charge in [-0.25, -0.2) is 23.5 Å². The van der Waals surface area contributed by atoms with Crippen molar-refractivity contribution in [3.05, 3.63) is 68.4 Å². The largest absolute Gasteiger partial charge is 0.465 e. The maximum atomic E-state index is 13.3. The number of carbonyl (C=O) groups excluding carboxylic acids is 1. The summed E-state index contributed by atoms with van der Waals surface area (Å²) in [7, 11) is 2.63. The van der Waals surface area contributed by atoms with E-state index in [-0.39, 0.29) is 26.8 Å². The van der Waals surface area contributed by atoms with Crippen LogP contribution in [-0.4, -0.2) is 37.2 Å². The first-order chi connectivity index (χ1) is 15.0. The molecule has 0 saturated heterocycles. The zero-order valence-electron chi connectivity index (χ0n) is 16.9. The molecule has 2 heterocycles. The molecule has 2 aromatic heterocycles. The van der Waals surface area contributed by atoms with Crippen LogP contribution in [0.5, 0.6) is 0 Å². The highest BCUT2D eigenvalue weighted by Gasteiger charge is 2.33. The fourth-order valence-corrected chi connectivity index (χ4v) is 4.11. The molecule has 0 radical (unpaired) electrons. The van der Waals surface area contributed by atoms with Crippen molar-refractivity contribution >= 4 is 32.8 Å². The minimum Gasteiger partial charge on any atom is -0.465 e. The molecule has 32 heavy (non-hydrogen) atoms. The number of aryl methyl sites for hydroxylation is 2. The third-order valence-electron chi connectivity index (χ3n) is 4.89. The number of hydrogen-bond donors (Lipinski definition) is 0. The van der Waals surface area contributed by atoms with Crippen LogP contribution in [-0.2, 0) is 18.0 Å². The summed E-state index contributed by atoms with van der Waals surface area (Å²) in [5.41, 5.74) is -0.560. The van der Waals surface area contributed by atoms with Crippen LogP contribution in [0.4, 0.5) is 13.2 Å². The molecule has 0 amide bonds. The minimum absolute atomic E-state index is 0.0319. The quantitative estimate of drug-likeness (QED) is 0.392. The third-order valence-corrected chi connectivity index (χ3v) is 5.62. The Morgan fingerprint density at radius 2 is 1.72 bits per heavy atom. The summed E-state index contributed by atoms with van der Waals surface area (Å²) in [6.45, 7) is 1.69. The fraction of sp³-hybridized carbons (Fsp3) is 0.200. The molecule has 4 aromatic rings. The molecule has 0 atom stereocenters. The molecule has 2 aromatic carbocycles. The van der Waals surface area contributed by atoms with Crippen molar-refractivity contribution in [3.8, 4) is 11.4 Å². The number of fused-ring (bicyclic) bond motifs is 1. The van der Waals surface area contributed by atoms with Crippen molar-refractivity contribution in [2.75, 3.05) is 7.11 Å². The molecule has 0 saturated carbocycles. The number of hydrogen-bond acceptors (Lipinski definition) is 5. The molecule has 0 aliphatic heterocycles. The number of ether oxygens (including phenoxy) is 1. The summed E-state index contributed by atoms with van der Waals surface area (Å²) >= 11 is 3.34. The van der Waals surface area contributed by atoms with Gasteiger partial charge < -0.3 is 4.74 Å². The van der Waals surface area contributed by atoms with E-state index in [0.29, 0.717) is 17.2 Å². The SMILES string of the molecule is COC(=O)c1cc(C(F)(F)F)cc2nn(-c3ccc(-n4c(C)nn(C)c4=O)cc3)c(Br)c12. The second kappa shape index (κ2) is 7.62. The summed E-state index contributed by atoms with van der Waals surface area (Å²) in [5, 5.41) is 8.52. The Balaban J connectivity index is 1.87. The first-order valence-corrected chi connectivity index (χ1v) is 9.93. The van der Waals surface area contributed by atoms with E-state index >= 15 is 0 Å². The van der Waals surface area contributed by atoms with Crippen molar-refractivity contribution in [1.29, 1.82) is 0 Å². The number of carbonyl (C=O) groups is 1. The van der Waals surface area contributed by atoms with Gasteiger partial charge in [0.15, 0.2) is 0 Å². The van der Waals surface area contributed by atoms with Gasteiger partial charge >= 0.3 is 17.8 Å². The van der Waals surface area contributed by atoms with Crippen LogP contribution in [0, 0.1) is 6.92 Å². The third kappa shape index (κ3) is 3.49. The molecule has 0 spiro atoms. The van der Waals surface area contributed by atoms with Gasteiger partial charge in [0.1, 0.15) is 10.4 Å². The molecule has 0 aliphatic rings.